The van der Waals surface area contributed by atoms with Crippen LogP contribution in [-0.4, -0.2) is 26.3 Å². The minimum Gasteiger partial charge on any atom is -0.381 e. The Hall–Kier alpha value is -0.730. The van der Waals surface area contributed by atoms with Crippen molar-refractivity contribution in [2.45, 2.75) is 18.9 Å². The second-order valence-electron chi connectivity index (χ2n) is 3.87. The van der Waals surface area contributed by atoms with Gasteiger partial charge in [-0.2, -0.15) is 0 Å². The summed E-state index contributed by atoms with van der Waals surface area (Å²) in [4.78, 5) is 2.33. The lowest BCUT2D eigenvalue weighted by Crippen LogP contribution is -2.36. The van der Waals surface area contributed by atoms with E-state index in [1.54, 1.807) is 7.11 Å². The molecule has 0 spiro atoms. The lowest BCUT2D eigenvalue weighted by molar-refractivity contribution is 0.0819. The Bertz CT molecular complexity index is 321. The van der Waals surface area contributed by atoms with Crippen LogP contribution in [0, 0.1) is 0 Å². The Morgan fingerprint density at radius 3 is 2.53 bits per heavy atom. The van der Waals surface area contributed by atoms with Crippen molar-refractivity contribution in [3.8, 4) is 0 Å². The van der Waals surface area contributed by atoms with E-state index < -0.39 is 0 Å². The molecule has 1 fully saturated rings. The highest BCUT2D eigenvalue weighted by molar-refractivity contribution is 6.33. The van der Waals surface area contributed by atoms with E-state index >= 15 is 0 Å². The quantitative estimate of drug-likeness (QED) is 0.768. The summed E-state index contributed by atoms with van der Waals surface area (Å²) in [6.45, 7) is 2.06. The van der Waals surface area contributed by atoms with E-state index in [9.17, 15) is 0 Å². The Balaban J connectivity index is 2.04. The van der Waals surface area contributed by atoms with Gasteiger partial charge in [-0.05, 0) is 25.0 Å². The van der Waals surface area contributed by atoms with E-state index in [1.165, 1.54) is 0 Å². The van der Waals surface area contributed by atoms with Crippen molar-refractivity contribution in [2.75, 3.05) is 25.1 Å². The van der Waals surface area contributed by atoms with Gasteiger partial charge in [0.05, 0.1) is 16.8 Å². The molecule has 1 aliphatic rings. The van der Waals surface area contributed by atoms with Crippen LogP contribution >= 0.6 is 11.6 Å². The standard InChI is InChI=1S/C12H16ClNO/c1-15-10-6-8-14(9-7-10)12-5-3-2-4-11(12)13/h2-5,10H,6-9H2,1H3. The second-order valence-corrected chi connectivity index (χ2v) is 4.28. The lowest BCUT2D eigenvalue weighted by atomic mass is 10.1. The van der Waals surface area contributed by atoms with Crippen LogP contribution in [0.15, 0.2) is 24.3 Å². The number of anilines is 1. The van der Waals surface area contributed by atoms with Crippen molar-refractivity contribution in [1.29, 1.82) is 0 Å². The highest BCUT2D eigenvalue weighted by Crippen LogP contribution is 2.28. The van der Waals surface area contributed by atoms with Crippen LogP contribution in [-0.2, 0) is 4.74 Å². The van der Waals surface area contributed by atoms with Gasteiger partial charge in [-0.1, -0.05) is 23.7 Å². The molecule has 1 aromatic carbocycles. The summed E-state index contributed by atoms with van der Waals surface area (Å²) >= 11 is 6.15. The number of ether oxygens (including phenoxy) is 1. The van der Waals surface area contributed by atoms with Gasteiger partial charge in [0.1, 0.15) is 0 Å². The van der Waals surface area contributed by atoms with Crippen molar-refractivity contribution < 1.29 is 4.74 Å². The van der Waals surface area contributed by atoms with E-state index in [0.29, 0.717) is 6.10 Å². The summed E-state index contributed by atoms with van der Waals surface area (Å²) in [6.07, 6.45) is 2.59. The van der Waals surface area contributed by atoms with Gasteiger partial charge in [0.2, 0.25) is 0 Å². The van der Waals surface area contributed by atoms with Gasteiger partial charge < -0.3 is 9.64 Å². The smallest absolute Gasteiger partial charge is 0.0639 e. The summed E-state index contributed by atoms with van der Waals surface area (Å²) in [5.41, 5.74) is 1.15. The van der Waals surface area contributed by atoms with Gasteiger partial charge in [-0.3, -0.25) is 0 Å². The van der Waals surface area contributed by atoms with Crippen molar-refractivity contribution in [3.63, 3.8) is 0 Å². The van der Waals surface area contributed by atoms with E-state index in [2.05, 4.69) is 11.0 Å². The molecule has 1 aromatic rings. The maximum atomic E-state index is 6.15. The SMILES string of the molecule is COC1CCN(c2ccccc2Cl)CC1. The maximum absolute atomic E-state index is 6.15. The van der Waals surface area contributed by atoms with Crippen LogP contribution in [0.25, 0.3) is 0 Å². The largest absolute Gasteiger partial charge is 0.381 e. The van der Waals surface area contributed by atoms with E-state index in [0.717, 1.165) is 36.6 Å². The summed E-state index contributed by atoms with van der Waals surface area (Å²) < 4.78 is 5.35. The predicted molar refractivity (Wildman–Crippen MR) is 63.7 cm³/mol. The first kappa shape index (κ1) is 10.8. The molecule has 2 nitrogen and oxygen atoms in total. The Morgan fingerprint density at radius 2 is 1.93 bits per heavy atom. The van der Waals surface area contributed by atoms with E-state index in [1.807, 2.05) is 18.2 Å². The molecule has 0 radical (unpaired) electrons. The highest BCUT2D eigenvalue weighted by atomic mass is 35.5. The minimum atomic E-state index is 0.420. The van der Waals surface area contributed by atoms with E-state index in [4.69, 9.17) is 16.3 Å². The Kier molecular flexibility index (Phi) is 3.49. The molecule has 0 amide bonds. The summed E-state index contributed by atoms with van der Waals surface area (Å²) in [5.74, 6) is 0. The molecule has 82 valence electrons. The number of rotatable bonds is 2. The number of hydrogen-bond acceptors (Lipinski definition) is 2. The number of nitrogens with zero attached hydrogens (tertiary/aromatic N) is 1. The third kappa shape index (κ3) is 2.44. The monoisotopic (exact) mass is 225 g/mol. The first-order chi connectivity index (χ1) is 7.31. The molecule has 0 saturated carbocycles. The third-order valence-electron chi connectivity index (χ3n) is 2.97. The molecule has 0 unspecified atom stereocenters. The zero-order chi connectivity index (χ0) is 10.7. The van der Waals surface area contributed by atoms with Crippen LogP contribution in [0.3, 0.4) is 0 Å². The fourth-order valence-corrected chi connectivity index (χ4v) is 2.30. The molecule has 0 N–H and O–H groups in total. The van der Waals surface area contributed by atoms with Gasteiger partial charge >= 0.3 is 0 Å². The highest BCUT2D eigenvalue weighted by Gasteiger charge is 2.19. The van der Waals surface area contributed by atoms with Crippen molar-refractivity contribution in [1.82, 2.24) is 0 Å². The molecule has 1 heterocycles. The fraction of sp³-hybridized carbons (Fsp3) is 0.500. The third-order valence-corrected chi connectivity index (χ3v) is 3.29. The molecule has 0 aliphatic carbocycles. The molecular weight excluding hydrogens is 210 g/mol. The summed E-state index contributed by atoms with van der Waals surface area (Å²) in [7, 11) is 1.79. The molecule has 0 bridgehead atoms. The number of piperidine rings is 1. The molecule has 0 aromatic heterocycles. The molecule has 3 heteroatoms. The fourth-order valence-electron chi connectivity index (χ4n) is 2.04. The van der Waals surface area contributed by atoms with Crippen molar-refractivity contribution in [2.24, 2.45) is 0 Å². The first-order valence-electron chi connectivity index (χ1n) is 5.33. The van der Waals surface area contributed by atoms with Crippen molar-refractivity contribution in [3.05, 3.63) is 29.3 Å². The molecule has 1 aliphatic heterocycles. The average Bonchev–Trinajstić information content (AvgIpc) is 2.30. The van der Waals surface area contributed by atoms with Gasteiger partial charge in [0.25, 0.3) is 0 Å². The Morgan fingerprint density at radius 1 is 1.27 bits per heavy atom. The number of benzene rings is 1. The maximum Gasteiger partial charge on any atom is 0.0639 e. The minimum absolute atomic E-state index is 0.420. The molecule has 0 atom stereocenters. The molecule has 15 heavy (non-hydrogen) atoms. The van der Waals surface area contributed by atoms with Crippen LogP contribution in [0.2, 0.25) is 5.02 Å². The molecular formula is C12H16ClNO. The van der Waals surface area contributed by atoms with Gasteiger partial charge in [0, 0.05) is 20.2 Å². The van der Waals surface area contributed by atoms with E-state index in [-0.39, 0.29) is 0 Å². The molecule has 1 saturated heterocycles. The van der Waals surface area contributed by atoms with Crippen LogP contribution < -0.4 is 4.90 Å². The average molecular weight is 226 g/mol. The topological polar surface area (TPSA) is 12.5 Å². The zero-order valence-electron chi connectivity index (χ0n) is 8.95. The summed E-state index contributed by atoms with van der Waals surface area (Å²) in [6, 6.07) is 8.02. The van der Waals surface area contributed by atoms with Gasteiger partial charge in [-0.25, -0.2) is 0 Å². The van der Waals surface area contributed by atoms with Crippen LogP contribution in [0.5, 0.6) is 0 Å². The van der Waals surface area contributed by atoms with Gasteiger partial charge in [-0.15, -0.1) is 0 Å². The van der Waals surface area contributed by atoms with Crippen LogP contribution in [0.4, 0.5) is 5.69 Å². The van der Waals surface area contributed by atoms with Crippen molar-refractivity contribution >= 4 is 17.3 Å². The summed E-state index contributed by atoms with van der Waals surface area (Å²) in [5, 5.41) is 0.841. The zero-order valence-corrected chi connectivity index (χ0v) is 9.70. The predicted octanol–water partition coefficient (Wildman–Crippen LogP) is 2.96. The Labute approximate surface area is 95.8 Å². The number of methoxy groups -OCH3 is 1. The number of halogens is 1. The second kappa shape index (κ2) is 4.86. The van der Waals surface area contributed by atoms with Gasteiger partial charge in [0.15, 0.2) is 0 Å². The number of para-hydroxylation sites is 1. The number of hydrogen-bond donors (Lipinski definition) is 0. The first-order valence-corrected chi connectivity index (χ1v) is 5.71. The molecule has 2 rings (SSSR count). The lowest BCUT2D eigenvalue weighted by Gasteiger charge is -2.33. The normalized spacial score (nSPS) is 18.1. The van der Waals surface area contributed by atoms with Crippen LogP contribution in [0.1, 0.15) is 12.8 Å².